The largest absolute Gasteiger partial charge is 0.312 e. The Labute approximate surface area is 111 Å². The van der Waals surface area contributed by atoms with Crippen LogP contribution in [0.15, 0.2) is 12.1 Å². The van der Waals surface area contributed by atoms with E-state index in [9.17, 15) is 9.59 Å². The second-order valence-electron chi connectivity index (χ2n) is 4.80. The molecule has 0 spiro atoms. The van der Waals surface area contributed by atoms with Gasteiger partial charge >= 0.3 is 0 Å². The van der Waals surface area contributed by atoms with Crippen LogP contribution in [0, 0.1) is 0 Å². The minimum atomic E-state index is 0.0967. The van der Waals surface area contributed by atoms with E-state index in [0.29, 0.717) is 18.7 Å². The van der Waals surface area contributed by atoms with Gasteiger partial charge in [0.05, 0.1) is 5.69 Å². The van der Waals surface area contributed by atoms with Gasteiger partial charge in [0.25, 0.3) is 0 Å². The minimum absolute atomic E-state index is 0.0967. The fourth-order valence-corrected chi connectivity index (χ4v) is 3.02. The highest BCUT2D eigenvalue weighted by molar-refractivity contribution is 6.19. The van der Waals surface area contributed by atoms with Crippen molar-refractivity contribution in [1.29, 1.82) is 0 Å². The van der Waals surface area contributed by atoms with E-state index in [2.05, 4.69) is 0 Å². The summed E-state index contributed by atoms with van der Waals surface area (Å²) >= 11 is 5.62. The molecule has 3 rings (SSSR count). The lowest BCUT2D eigenvalue weighted by Gasteiger charge is -2.25. The first-order chi connectivity index (χ1) is 8.70. The van der Waals surface area contributed by atoms with Gasteiger partial charge in [-0.05, 0) is 36.1 Å². The van der Waals surface area contributed by atoms with Crippen LogP contribution in [-0.4, -0.2) is 24.1 Å². The molecule has 4 heteroatoms. The molecule has 1 aromatic rings. The van der Waals surface area contributed by atoms with Crippen molar-refractivity contribution in [2.75, 3.05) is 17.3 Å². The van der Waals surface area contributed by atoms with E-state index in [4.69, 9.17) is 11.6 Å². The van der Waals surface area contributed by atoms with Crippen LogP contribution < -0.4 is 4.90 Å². The van der Waals surface area contributed by atoms with Gasteiger partial charge in [0, 0.05) is 30.8 Å². The molecule has 0 N–H and O–H groups in total. The molecule has 2 aliphatic heterocycles. The molecular formula is C14H14ClNO2. The van der Waals surface area contributed by atoms with E-state index in [-0.39, 0.29) is 11.7 Å². The highest BCUT2D eigenvalue weighted by Gasteiger charge is 2.31. The topological polar surface area (TPSA) is 37.4 Å². The van der Waals surface area contributed by atoms with Crippen LogP contribution in [0.4, 0.5) is 5.69 Å². The smallest absolute Gasteiger partial charge is 0.227 e. The van der Waals surface area contributed by atoms with E-state index in [0.717, 1.165) is 41.8 Å². The Hall–Kier alpha value is -1.35. The molecule has 0 fully saturated rings. The molecule has 18 heavy (non-hydrogen) atoms. The Morgan fingerprint density at radius 1 is 1.22 bits per heavy atom. The number of rotatable bonds is 3. The van der Waals surface area contributed by atoms with Crippen molar-refractivity contribution in [1.82, 2.24) is 0 Å². The van der Waals surface area contributed by atoms with Crippen molar-refractivity contribution in [3.63, 3.8) is 0 Å². The zero-order valence-corrected chi connectivity index (χ0v) is 10.8. The number of carbonyl (C=O) groups excluding carboxylic acids is 2. The summed E-state index contributed by atoms with van der Waals surface area (Å²) in [7, 11) is 0. The van der Waals surface area contributed by atoms with Gasteiger partial charge in [-0.2, -0.15) is 0 Å². The number of halogens is 1. The first-order valence-corrected chi connectivity index (χ1v) is 6.79. The third-order valence-corrected chi connectivity index (χ3v) is 3.88. The lowest BCUT2D eigenvalue weighted by Crippen LogP contribution is -2.32. The fourth-order valence-electron chi connectivity index (χ4n) is 2.85. The van der Waals surface area contributed by atoms with E-state index >= 15 is 0 Å². The molecule has 0 aliphatic carbocycles. The van der Waals surface area contributed by atoms with Gasteiger partial charge in [0.15, 0.2) is 5.78 Å². The summed E-state index contributed by atoms with van der Waals surface area (Å²) in [4.78, 5) is 25.6. The van der Waals surface area contributed by atoms with Crippen molar-refractivity contribution in [3.8, 4) is 0 Å². The SMILES string of the molecule is O=C(CCCl)c1cc2c3c(c1)CCN3C(=O)CC2. The second-order valence-corrected chi connectivity index (χ2v) is 5.18. The van der Waals surface area contributed by atoms with Crippen molar-refractivity contribution >= 4 is 29.0 Å². The molecule has 0 aromatic heterocycles. The quantitative estimate of drug-likeness (QED) is 0.620. The van der Waals surface area contributed by atoms with Crippen LogP contribution in [0.1, 0.15) is 34.3 Å². The first-order valence-electron chi connectivity index (χ1n) is 6.26. The van der Waals surface area contributed by atoms with E-state index in [1.807, 2.05) is 17.0 Å². The fraction of sp³-hybridized carbons (Fsp3) is 0.429. The summed E-state index contributed by atoms with van der Waals surface area (Å²) in [5.41, 5.74) is 4.09. The van der Waals surface area contributed by atoms with Crippen molar-refractivity contribution in [2.45, 2.75) is 25.7 Å². The Morgan fingerprint density at radius 3 is 2.67 bits per heavy atom. The number of amides is 1. The number of ketones is 1. The summed E-state index contributed by atoms with van der Waals surface area (Å²) in [5, 5.41) is 0. The van der Waals surface area contributed by atoms with Crippen molar-refractivity contribution < 1.29 is 9.59 Å². The number of alkyl halides is 1. The molecule has 1 aromatic carbocycles. The number of anilines is 1. The number of Topliss-reactive ketones (excluding diaryl/α,β-unsaturated/α-hetero) is 1. The number of carbonyl (C=O) groups is 2. The predicted octanol–water partition coefficient (Wildman–Crippen LogP) is 2.33. The lowest BCUT2D eigenvalue weighted by atomic mass is 9.95. The molecule has 0 atom stereocenters. The zero-order chi connectivity index (χ0) is 12.7. The summed E-state index contributed by atoms with van der Waals surface area (Å²) in [5.74, 6) is 0.663. The van der Waals surface area contributed by atoms with Crippen molar-refractivity contribution in [3.05, 3.63) is 28.8 Å². The molecule has 2 aliphatic rings. The average molecular weight is 264 g/mol. The number of benzene rings is 1. The summed E-state index contributed by atoms with van der Waals surface area (Å²) in [6.07, 6.45) is 2.54. The molecule has 0 saturated carbocycles. The van der Waals surface area contributed by atoms with Gasteiger partial charge in [-0.3, -0.25) is 9.59 Å². The maximum Gasteiger partial charge on any atom is 0.227 e. The maximum atomic E-state index is 11.9. The Bertz CT molecular complexity index is 539. The third-order valence-electron chi connectivity index (χ3n) is 3.70. The van der Waals surface area contributed by atoms with Crippen LogP contribution in [-0.2, 0) is 17.6 Å². The highest BCUT2D eigenvalue weighted by atomic mass is 35.5. The number of hydrogen-bond donors (Lipinski definition) is 0. The summed E-state index contributed by atoms with van der Waals surface area (Å²) in [6.45, 7) is 0.758. The van der Waals surface area contributed by atoms with Crippen LogP contribution in [0.25, 0.3) is 0 Å². The second kappa shape index (κ2) is 4.39. The molecule has 94 valence electrons. The molecule has 2 heterocycles. The van der Waals surface area contributed by atoms with Crippen LogP contribution in [0.2, 0.25) is 0 Å². The average Bonchev–Trinajstić information content (AvgIpc) is 2.79. The molecule has 0 radical (unpaired) electrons. The molecule has 0 saturated heterocycles. The van der Waals surface area contributed by atoms with Gasteiger partial charge < -0.3 is 4.90 Å². The molecule has 0 unspecified atom stereocenters. The number of hydrogen-bond acceptors (Lipinski definition) is 2. The number of nitrogens with zero attached hydrogens (tertiary/aromatic N) is 1. The summed E-state index contributed by atoms with van der Waals surface area (Å²) in [6, 6.07) is 3.88. The monoisotopic (exact) mass is 263 g/mol. The Kier molecular flexibility index (Phi) is 2.86. The van der Waals surface area contributed by atoms with E-state index < -0.39 is 0 Å². The maximum absolute atomic E-state index is 11.9. The minimum Gasteiger partial charge on any atom is -0.312 e. The van der Waals surface area contributed by atoms with Crippen LogP contribution in [0.3, 0.4) is 0 Å². The lowest BCUT2D eigenvalue weighted by molar-refractivity contribution is -0.118. The van der Waals surface area contributed by atoms with Gasteiger partial charge in [0.2, 0.25) is 5.91 Å². The van der Waals surface area contributed by atoms with Gasteiger partial charge in [0.1, 0.15) is 0 Å². The highest BCUT2D eigenvalue weighted by Crippen LogP contribution is 2.37. The van der Waals surface area contributed by atoms with Crippen molar-refractivity contribution in [2.24, 2.45) is 0 Å². The Morgan fingerprint density at radius 2 is 1.94 bits per heavy atom. The normalized spacial score (nSPS) is 16.9. The first kappa shape index (κ1) is 11.7. The van der Waals surface area contributed by atoms with Crippen LogP contribution >= 0.6 is 11.6 Å². The predicted molar refractivity (Wildman–Crippen MR) is 70.5 cm³/mol. The van der Waals surface area contributed by atoms with Gasteiger partial charge in [-0.25, -0.2) is 0 Å². The summed E-state index contributed by atoms with van der Waals surface area (Å²) < 4.78 is 0. The third kappa shape index (κ3) is 1.74. The van der Waals surface area contributed by atoms with E-state index in [1.54, 1.807) is 0 Å². The van der Waals surface area contributed by atoms with Gasteiger partial charge in [-0.15, -0.1) is 11.6 Å². The number of aryl methyl sites for hydroxylation is 1. The standard InChI is InChI=1S/C14H14ClNO2/c15-5-3-12(17)11-7-9-1-2-13(18)16-6-4-10(8-11)14(9)16/h7-8H,1-6H2. The zero-order valence-electron chi connectivity index (χ0n) is 10.0. The Balaban J connectivity index is 2.04. The molecule has 1 amide bonds. The molecule has 0 bridgehead atoms. The van der Waals surface area contributed by atoms with E-state index in [1.165, 1.54) is 0 Å². The van der Waals surface area contributed by atoms with Gasteiger partial charge in [-0.1, -0.05) is 0 Å². The molecule has 3 nitrogen and oxygen atoms in total. The molecular weight excluding hydrogens is 250 g/mol. The van der Waals surface area contributed by atoms with Crippen LogP contribution in [0.5, 0.6) is 0 Å².